The average molecular weight is 760 g/mol. The number of hydrogen-bond acceptors (Lipinski definition) is 9. The minimum atomic E-state index is -1.50. The summed E-state index contributed by atoms with van der Waals surface area (Å²) in [5.74, 6) is 5.67. The molecule has 3 heterocycles. The molecule has 1 aromatic heterocycles. The molecule has 51 heavy (non-hydrogen) atoms. The fraction of sp³-hybridized carbons (Fsp3) is 0.436. The first kappa shape index (κ1) is 36.2. The number of benzene rings is 2. The number of nitrogens with zero attached hydrogens (tertiary/aromatic N) is 3. The van der Waals surface area contributed by atoms with Gasteiger partial charge in [-0.25, -0.2) is 9.78 Å². The molecule has 2 aromatic carbocycles. The first-order chi connectivity index (χ1) is 24.7. The monoisotopic (exact) mass is 758 g/mol. The topological polar surface area (TPSA) is 134 Å². The van der Waals surface area contributed by atoms with Crippen molar-refractivity contribution in [2.75, 3.05) is 27.3 Å². The maximum atomic E-state index is 14.5. The van der Waals surface area contributed by atoms with Crippen molar-refractivity contribution < 1.29 is 33.3 Å². The fourth-order valence-corrected chi connectivity index (χ4v) is 7.36. The first-order valence-electron chi connectivity index (χ1n) is 17.4. The number of halogens is 1. The number of ether oxygens (including phenoxy) is 4. The molecule has 5 unspecified atom stereocenters. The van der Waals surface area contributed by atoms with E-state index < -0.39 is 41.5 Å². The van der Waals surface area contributed by atoms with E-state index >= 15 is 0 Å². The number of para-hydroxylation sites is 1. The first-order valence-corrected chi connectivity index (χ1v) is 18.2. The van der Waals surface area contributed by atoms with Crippen LogP contribution in [0.1, 0.15) is 51.0 Å². The molecule has 0 saturated carbocycles. The van der Waals surface area contributed by atoms with Crippen LogP contribution in [0, 0.1) is 17.8 Å². The lowest BCUT2D eigenvalue weighted by molar-refractivity contribution is -0.163. The van der Waals surface area contributed by atoms with Gasteiger partial charge in [-0.15, -0.1) is 0 Å². The normalized spacial score (nSPS) is 25.0. The van der Waals surface area contributed by atoms with Crippen molar-refractivity contribution in [3.8, 4) is 29.2 Å². The number of amides is 2. The van der Waals surface area contributed by atoms with E-state index in [2.05, 4.69) is 27.8 Å². The van der Waals surface area contributed by atoms with Crippen LogP contribution in [-0.4, -0.2) is 83.6 Å². The molecule has 2 N–H and O–H groups in total. The molecule has 3 aromatic rings. The van der Waals surface area contributed by atoms with Crippen molar-refractivity contribution in [3.63, 3.8) is 0 Å². The Morgan fingerprint density at radius 2 is 1.88 bits per heavy atom. The molecule has 3 aliphatic rings. The molecule has 0 radical (unpaired) electrons. The highest BCUT2D eigenvalue weighted by atomic mass is 79.9. The van der Waals surface area contributed by atoms with Crippen LogP contribution in [0.15, 0.2) is 65.2 Å². The van der Waals surface area contributed by atoms with Crippen LogP contribution in [0.3, 0.4) is 0 Å². The van der Waals surface area contributed by atoms with Gasteiger partial charge in [-0.2, -0.15) is 0 Å². The van der Waals surface area contributed by atoms with Gasteiger partial charge in [0.2, 0.25) is 23.2 Å². The SMILES string of the molecule is CCOC(=O)C12C#CC1C=CCCCCCC(N)C(=O)N1CC(Oc3nc4ccccc4c(OCc4ccc(OC)cc4)c3Br)CC1C(=O)N2C. The van der Waals surface area contributed by atoms with Crippen LogP contribution in [-0.2, 0) is 25.7 Å². The maximum Gasteiger partial charge on any atom is 0.346 e. The average Bonchev–Trinajstić information content (AvgIpc) is 3.55. The third-order valence-electron chi connectivity index (χ3n) is 9.76. The van der Waals surface area contributed by atoms with Gasteiger partial charge in [0.15, 0.2) is 0 Å². The predicted octanol–water partition coefficient (Wildman–Crippen LogP) is 5.17. The van der Waals surface area contributed by atoms with E-state index in [0.717, 1.165) is 42.4 Å². The molecule has 2 aliphatic heterocycles. The number of carbonyl (C=O) groups excluding carboxylic acids is 3. The summed E-state index contributed by atoms with van der Waals surface area (Å²) in [7, 11) is 3.17. The van der Waals surface area contributed by atoms with E-state index in [0.29, 0.717) is 22.2 Å². The standard InChI is InChI=1S/C39H43BrN4O7/c1-4-49-38(47)39-21-20-26(39)12-8-6-5-7-9-14-30(41)36(45)44-23-28(22-32(44)37(46)43(39)2)51-35-33(40)34(29-13-10-11-15-31(29)42-35)50-24-25-16-18-27(48-3)19-17-25/h8,10-13,15-19,26,28,30,32H,4-7,9,14,22-24,41H2,1-3H3. The van der Waals surface area contributed by atoms with E-state index in [1.807, 2.05) is 60.7 Å². The number of aromatic nitrogens is 1. The van der Waals surface area contributed by atoms with E-state index in [1.165, 1.54) is 9.80 Å². The lowest BCUT2D eigenvalue weighted by Gasteiger charge is -2.43. The van der Waals surface area contributed by atoms with Crippen molar-refractivity contribution in [2.45, 2.75) is 75.8 Å². The van der Waals surface area contributed by atoms with Gasteiger partial charge in [0.1, 0.15) is 34.7 Å². The zero-order chi connectivity index (χ0) is 36.1. The number of allylic oxidation sites excluding steroid dienone is 1. The second-order valence-electron chi connectivity index (χ2n) is 13.0. The van der Waals surface area contributed by atoms with Crippen LogP contribution < -0.4 is 19.9 Å². The summed E-state index contributed by atoms with van der Waals surface area (Å²) in [6, 6.07) is 13.5. The second-order valence-corrected chi connectivity index (χ2v) is 13.8. The summed E-state index contributed by atoms with van der Waals surface area (Å²) >= 11 is 3.69. The molecule has 1 saturated heterocycles. The molecule has 1 aliphatic carbocycles. The van der Waals surface area contributed by atoms with Crippen molar-refractivity contribution in [2.24, 2.45) is 11.7 Å². The van der Waals surface area contributed by atoms with Crippen LogP contribution >= 0.6 is 15.9 Å². The fourth-order valence-electron chi connectivity index (χ4n) is 6.85. The van der Waals surface area contributed by atoms with Crippen molar-refractivity contribution in [3.05, 3.63) is 70.7 Å². The van der Waals surface area contributed by atoms with Crippen LogP contribution in [0.4, 0.5) is 0 Å². The Morgan fingerprint density at radius 1 is 1.10 bits per heavy atom. The number of methoxy groups -OCH3 is 1. The highest BCUT2D eigenvalue weighted by Gasteiger charge is 2.56. The molecule has 2 amide bonds. The van der Waals surface area contributed by atoms with Gasteiger partial charge in [0.25, 0.3) is 0 Å². The van der Waals surface area contributed by atoms with Gasteiger partial charge >= 0.3 is 5.97 Å². The zero-order valence-corrected chi connectivity index (χ0v) is 30.7. The number of esters is 1. The van der Waals surface area contributed by atoms with Gasteiger partial charge in [-0.3, -0.25) is 9.59 Å². The summed E-state index contributed by atoms with van der Waals surface area (Å²) in [6.45, 7) is 2.24. The lowest BCUT2D eigenvalue weighted by Crippen LogP contribution is -2.65. The van der Waals surface area contributed by atoms with Crippen LogP contribution in [0.5, 0.6) is 17.4 Å². The van der Waals surface area contributed by atoms with E-state index in [4.69, 9.17) is 29.7 Å². The predicted molar refractivity (Wildman–Crippen MR) is 195 cm³/mol. The molecule has 12 heteroatoms. The van der Waals surface area contributed by atoms with Gasteiger partial charge < -0.3 is 34.5 Å². The number of pyridine rings is 1. The quantitative estimate of drug-likeness (QED) is 0.188. The summed E-state index contributed by atoms with van der Waals surface area (Å²) in [4.78, 5) is 49.5. The zero-order valence-electron chi connectivity index (χ0n) is 29.1. The highest BCUT2D eigenvalue weighted by molar-refractivity contribution is 9.10. The Labute approximate surface area is 306 Å². The molecule has 6 rings (SSSR count). The molecule has 0 bridgehead atoms. The van der Waals surface area contributed by atoms with Gasteiger partial charge in [0, 0.05) is 18.9 Å². The largest absolute Gasteiger partial charge is 0.497 e. The Balaban J connectivity index is 1.30. The van der Waals surface area contributed by atoms with Gasteiger partial charge in [-0.05, 0) is 71.9 Å². The number of nitrogens with two attached hydrogens (primary N) is 1. The summed E-state index contributed by atoms with van der Waals surface area (Å²) < 4.78 is 24.1. The molecule has 1 fully saturated rings. The molecule has 11 nitrogen and oxygen atoms in total. The van der Waals surface area contributed by atoms with E-state index in [1.54, 1.807) is 21.1 Å². The molecule has 268 valence electrons. The molecular weight excluding hydrogens is 716 g/mol. The van der Waals surface area contributed by atoms with Crippen LogP contribution in [0.2, 0.25) is 0 Å². The Kier molecular flexibility index (Phi) is 11.2. The maximum absolute atomic E-state index is 14.5. The Bertz CT molecular complexity index is 1870. The summed E-state index contributed by atoms with van der Waals surface area (Å²) in [5, 5.41) is 0.789. The van der Waals surface area contributed by atoms with Crippen molar-refractivity contribution in [1.29, 1.82) is 0 Å². The Hall–Kier alpha value is -4.60. The van der Waals surface area contributed by atoms with Crippen molar-refractivity contribution in [1.82, 2.24) is 14.8 Å². The van der Waals surface area contributed by atoms with Crippen LogP contribution in [0.25, 0.3) is 10.9 Å². The number of likely N-dealkylation sites (N-methyl/N-ethyl adjacent to an activating group) is 1. The van der Waals surface area contributed by atoms with Gasteiger partial charge in [-0.1, -0.05) is 61.1 Å². The summed E-state index contributed by atoms with van der Waals surface area (Å²) in [6.07, 6.45) is 7.28. The number of fused-ring (bicyclic) bond motifs is 3. The lowest BCUT2D eigenvalue weighted by atomic mass is 9.75. The minimum absolute atomic E-state index is 0.0984. The number of rotatable bonds is 8. The number of hydrogen-bond donors (Lipinski definition) is 1. The number of carbonyl (C=O) groups is 3. The smallest absolute Gasteiger partial charge is 0.346 e. The molecule has 0 spiro atoms. The van der Waals surface area contributed by atoms with Crippen molar-refractivity contribution >= 4 is 44.6 Å². The Morgan fingerprint density at radius 3 is 2.61 bits per heavy atom. The third kappa shape index (κ3) is 7.28. The minimum Gasteiger partial charge on any atom is -0.497 e. The third-order valence-corrected chi connectivity index (χ3v) is 10.5. The highest BCUT2D eigenvalue weighted by Crippen LogP contribution is 2.41. The second kappa shape index (κ2) is 15.7. The van der Waals surface area contributed by atoms with E-state index in [9.17, 15) is 14.4 Å². The van der Waals surface area contributed by atoms with E-state index in [-0.39, 0.29) is 38.0 Å². The van der Waals surface area contributed by atoms with Gasteiger partial charge in [0.05, 0.1) is 37.7 Å². The molecular formula is C39H43BrN4O7. The summed E-state index contributed by atoms with van der Waals surface area (Å²) in [5.41, 5.74) is 6.56. The molecule has 5 atom stereocenters.